The zero-order chi connectivity index (χ0) is 5.40. The Kier molecular flexibility index (Phi) is 5.11. The van der Waals surface area contributed by atoms with Crippen molar-refractivity contribution in [3.8, 4) is 0 Å². The number of rotatable bonds is 0. The van der Waals surface area contributed by atoms with Crippen LogP contribution in [0.3, 0.4) is 0 Å². The maximum Gasteiger partial charge on any atom is 0.127 e. The van der Waals surface area contributed by atoms with Gasteiger partial charge in [-0.3, -0.25) is 0 Å². The summed E-state index contributed by atoms with van der Waals surface area (Å²) in [6.45, 7) is 8.64. The van der Waals surface area contributed by atoms with E-state index in [1.165, 1.54) is 39.3 Å². The summed E-state index contributed by atoms with van der Waals surface area (Å²) in [6, 6.07) is 0. The van der Waals surface area contributed by atoms with E-state index >= 15 is 0 Å². The van der Waals surface area contributed by atoms with E-state index in [0.717, 1.165) is 0 Å². The first kappa shape index (κ1) is 10.9. The lowest BCUT2D eigenvalue weighted by Gasteiger charge is -2.35. The molecule has 0 aromatic carbocycles. The third-order valence-electron chi connectivity index (χ3n) is 2.50. The number of hydrogen-bond acceptors (Lipinski definition) is 0. The smallest absolute Gasteiger partial charge is 0.127 e. The molecule has 0 aromatic rings. The molecule has 0 radical (unpaired) electrons. The van der Waals surface area contributed by atoms with Crippen molar-refractivity contribution >= 4 is 34.0 Å². The fourth-order valence-electron chi connectivity index (χ4n) is 1.81. The SMILES string of the molecule is Br.Br.C1C[NH+]2CC[NH+]1CC2. The van der Waals surface area contributed by atoms with Crippen molar-refractivity contribution in [2.45, 2.75) is 0 Å². The van der Waals surface area contributed by atoms with Crippen molar-refractivity contribution in [2.24, 2.45) is 0 Å². The lowest BCUT2D eigenvalue weighted by molar-refractivity contribution is -1.06. The molecule has 3 fully saturated rings. The van der Waals surface area contributed by atoms with Crippen LogP contribution in [0.5, 0.6) is 0 Å². The summed E-state index contributed by atoms with van der Waals surface area (Å²) in [5.41, 5.74) is 0. The van der Waals surface area contributed by atoms with Crippen LogP contribution in [0.1, 0.15) is 0 Å². The Morgan fingerprint density at radius 1 is 0.500 bits per heavy atom. The average molecular weight is 276 g/mol. The molecule has 2 nitrogen and oxygen atoms in total. The highest BCUT2D eigenvalue weighted by Gasteiger charge is 2.29. The van der Waals surface area contributed by atoms with Crippen LogP contribution in [0.2, 0.25) is 0 Å². The largest absolute Gasteiger partial charge is 0.321 e. The topological polar surface area (TPSA) is 8.88 Å². The Balaban J connectivity index is 0.000000405. The Labute approximate surface area is 83.1 Å². The van der Waals surface area contributed by atoms with Gasteiger partial charge in [0, 0.05) is 0 Å². The Bertz CT molecular complexity index is 68.7. The molecular weight excluding hydrogens is 260 g/mol. The first-order valence-corrected chi connectivity index (χ1v) is 3.62. The van der Waals surface area contributed by atoms with Gasteiger partial charge < -0.3 is 9.80 Å². The summed E-state index contributed by atoms with van der Waals surface area (Å²) in [7, 11) is 0. The van der Waals surface area contributed by atoms with Gasteiger partial charge in [-0.05, 0) is 0 Å². The van der Waals surface area contributed by atoms with E-state index in [-0.39, 0.29) is 34.0 Å². The highest BCUT2D eigenvalue weighted by molar-refractivity contribution is 8.93. The van der Waals surface area contributed by atoms with Crippen LogP contribution < -0.4 is 9.80 Å². The summed E-state index contributed by atoms with van der Waals surface area (Å²) < 4.78 is 0. The molecule has 2 N–H and O–H groups in total. The van der Waals surface area contributed by atoms with Crippen molar-refractivity contribution in [2.75, 3.05) is 39.3 Å². The van der Waals surface area contributed by atoms with E-state index in [2.05, 4.69) is 0 Å². The monoisotopic (exact) mass is 274 g/mol. The molecule has 3 aliphatic rings. The van der Waals surface area contributed by atoms with Gasteiger partial charge in [0.15, 0.2) is 0 Å². The van der Waals surface area contributed by atoms with Crippen molar-refractivity contribution in [3.63, 3.8) is 0 Å². The minimum atomic E-state index is 0. The number of hydrogen-bond donors (Lipinski definition) is 2. The first-order chi connectivity index (χ1) is 3.95. The van der Waals surface area contributed by atoms with Crippen molar-refractivity contribution < 1.29 is 9.80 Å². The normalized spacial score (nSPS) is 36.0. The van der Waals surface area contributed by atoms with Gasteiger partial charge >= 0.3 is 0 Å². The lowest BCUT2D eigenvalue weighted by Crippen LogP contribution is -3.35. The molecule has 0 amide bonds. The quantitative estimate of drug-likeness (QED) is 0.503. The minimum absolute atomic E-state index is 0. The lowest BCUT2D eigenvalue weighted by atomic mass is 10.2. The molecule has 10 heavy (non-hydrogen) atoms. The summed E-state index contributed by atoms with van der Waals surface area (Å²) in [5, 5.41) is 0. The van der Waals surface area contributed by atoms with Gasteiger partial charge in [-0.25, -0.2) is 0 Å². The molecule has 3 saturated heterocycles. The summed E-state index contributed by atoms with van der Waals surface area (Å²) in [5.74, 6) is 0. The van der Waals surface area contributed by atoms with Crippen LogP contribution in [-0.2, 0) is 0 Å². The highest BCUT2D eigenvalue weighted by atomic mass is 79.9. The maximum atomic E-state index is 1.85. The number of quaternary nitrogens is 2. The molecule has 62 valence electrons. The van der Waals surface area contributed by atoms with Gasteiger partial charge in [0.1, 0.15) is 39.3 Å². The zero-order valence-corrected chi connectivity index (χ0v) is 9.49. The van der Waals surface area contributed by atoms with E-state index in [1.807, 2.05) is 9.80 Å². The number of fused-ring (bicyclic) bond motifs is 3. The van der Waals surface area contributed by atoms with Gasteiger partial charge in [0.05, 0.1) is 0 Å². The first-order valence-electron chi connectivity index (χ1n) is 3.62. The molecule has 0 aliphatic carbocycles. The van der Waals surface area contributed by atoms with Gasteiger partial charge in [-0.2, -0.15) is 0 Å². The second-order valence-corrected chi connectivity index (χ2v) is 3.00. The molecule has 0 spiro atoms. The summed E-state index contributed by atoms with van der Waals surface area (Å²) in [4.78, 5) is 3.69. The van der Waals surface area contributed by atoms with Gasteiger partial charge in [0.2, 0.25) is 0 Å². The second kappa shape index (κ2) is 4.70. The van der Waals surface area contributed by atoms with Gasteiger partial charge in [-0.15, -0.1) is 34.0 Å². The van der Waals surface area contributed by atoms with E-state index < -0.39 is 0 Å². The summed E-state index contributed by atoms with van der Waals surface area (Å²) >= 11 is 0. The van der Waals surface area contributed by atoms with E-state index in [0.29, 0.717) is 0 Å². The molecule has 3 aliphatic heterocycles. The van der Waals surface area contributed by atoms with Crippen molar-refractivity contribution in [3.05, 3.63) is 0 Å². The van der Waals surface area contributed by atoms with E-state index in [9.17, 15) is 0 Å². The van der Waals surface area contributed by atoms with Crippen molar-refractivity contribution in [1.29, 1.82) is 0 Å². The maximum absolute atomic E-state index is 1.85. The van der Waals surface area contributed by atoms with E-state index in [1.54, 1.807) is 0 Å². The Morgan fingerprint density at radius 2 is 0.700 bits per heavy atom. The molecule has 0 atom stereocenters. The van der Waals surface area contributed by atoms with Gasteiger partial charge in [-0.1, -0.05) is 0 Å². The van der Waals surface area contributed by atoms with Crippen molar-refractivity contribution in [1.82, 2.24) is 0 Å². The van der Waals surface area contributed by atoms with Gasteiger partial charge in [0.25, 0.3) is 0 Å². The molecular formula is C6H16Br2N2+2. The number of nitrogens with one attached hydrogen (secondary N) is 2. The molecule has 0 aromatic heterocycles. The fraction of sp³-hybridized carbons (Fsp3) is 1.00. The molecule has 2 bridgehead atoms. The molecule has 0 unspecified atom stereocenters. The van der Waals surface area contributed by atoms with Crippen LogP contribution >= 0.6 is 34.0 Å². The second-order valence-electron chi connectivity index (χ2n) is 3.00. The molecule has 0 saturated carbocycles. The van der Waals surface area contributed by atoms with Crippen LogP contribution in [0, 0.1) is 0 Å². The fourth-order valence-corrected chi connectivity index (χ4v) is 1.81. The number of piperazine rings is 3. The Morgan fingerprint density at radius 3 is 0.800 bits per heavy atom. The van der Waals surface area contributed by atoms with E-state index in [4.69, 9.17) is 0 Å². The third-order valence-corrected chi connectivity index (χ3v) is 2.50. The molecule has 3 rings (SSSR count). The zero-order valence-electron chi connectivity index (χ0n) is 6.06. The third kappa shape index (κ3) is 2.19. The van der Waals surface area contributed by atoms with Crippen LogP contribution in [-0.4, -0.2) is 39.3 Å². The molecule has 3 heterocycles. The average Bonchev–Trinajstić information content (AvgIpc) is 1.92. The minimum Gasteiger partial charge on any atom is -0.321 e. The molecule has 4 heteroatoms. The Hall–Kier alpha value is 0.880. The highest BCUT2D eigenvalue weighted by Crippen LogP contribution is 1.64. The number of halogens is 2. The predicted molar refractivity (Wildman–Crippen MR) is 51.8 cm³/mol. The standard InChI is InChI=1S/C6H12N2.2BrH/c1-2-8-5-3-7(1)4-6-8;;/h1-6H2;2*1H/p+2. The van der Waals surface area contributed by atoms with Crippen LogP contribution in [0.4, 0.5) is 0 Å². The summed E-state index contributed by atoms with van der Waals surface area (Å²) in [6.07, 6.45) is 0. The van der Waals surface area contributed by atoms with Crippen LogP contribution in [0.25, 0.3) is 0 Å². The van der Waals surface area contributed by atoms with Crippen LogP contribution in [0.15, 0.2) is 0 Å². The predicted octanol–water partition coefficient (Wildman–Crippen LogP) is -2.06.